The van der Waals surface area contributed by atoms with Gasteiger partial charge in [-0.25, -0.2) is 4.79 Å². The first-order chi connectivity index (χ1) is 8.27. The molecule has 0 atom stereocenters. The lowest BCUT2D eigenvalue weighted by Gasteiger charge is -2.45. The minimum absolute atomic E-state index is 0.179. The van der Waals surface area contributed by atoms with E-state index in [1.807, 2.05) is 0 Å². The summed E-state index contributed by atoms with van der Waals surface area (Å²) < 4.78 is 4.97. The Bertz CT molecular complexity index is 335. The Morgan fingerprint density at radius 3 is 2.47 bits per heavy atom. The van der Waals surface area contributed by atoms with E-state index in [9.17, 15) is 4.79 Å². The summed E-state index contributed by atoms with van der Waals surface area (Å²) in [6.07, 6.45) is 6.81. The van der Waals surface area contributed by atoms with Crippen LogP contribution < -0.4 is 5.32 Å². The standard InChI is InChI=1S/C13H20N2O2/c16-12-9-11(10-17-12)15-7-3-13(4-8-15)1-5-14-6-2-13/h9,14H,1-8,10H2. The smallest absolute Gasteiger partial charge is 0.333 e. The van der Waals surface area contributed by atoms with Crippen LogP contribution in [0.25, 0.3) is 0 Å². The molecule has 0 aliphatic carbocycles. The molecule has 17 heavy (non-hydrogen) atoms. The fourth-order valence-corrected chi connectivity index (χ4v) is 3.27. The van der Waals surface area contributed by atoms with Crippen LogP contribution in [-0.2, 0) is 9.53 Å². The maximum absolute atomic E-state index is 11.1. The maximum Gasteiger partial charge on any atom is 0.333 e. The fraction of sp³-hybridized carbons (Fsp3) is 0.769. The number of carbonyl (C=O) groups excluding carboxylic acids is 1. The molecule has 3 aliphatic heterocycles. The predicted molar refractivity (Wildman–Crippen MR) is 64.4 cm³/mol. The first-order valence-electron chi connectivity index (χ1n) is 6.61. The Kier molecular flexibility index (Phi) is 2.82. The van der Waals surface area contributed by atoms with Crippen molar-refractivity contribution in [3.05, 3.63) is 11.8 Å². The molecule has 0 saturated carbocycles. The first kappa shape index (κ1) is 11.1. The van der Waals surface area contributed by atoms with Crippen LogP contribution in [0.3, 0.4) is 0 Å². The van der Waals surface area contributed by atoms with E-state index in [0.717, 1.165) is 18.8 Å². The van der Waals surface area contributed by atoms with Gasteiger partial charge in [0.15, 0.2) is 0 Å². The Morgan fingerprint density at radius 1 is 1.18 bits per heavy atom. The van der Waals surface area contributed by atoms with E-state index in [1.165, 1.54) is 38.8 Å². The van der Waals surface area contributed by atoms with E-state index in [0.29, 0.717) is 12.0 Å². The number of rotatable bonds is 1. The van der Waals surface area contributed by atoms with Gasteiger partial charge < -0.3 is 15.0 Å². The third kappa shape index (κ3) is 2.18. The number of ether oxygens (including phenoxy) is 1. The van der Waals surface area contributed by atoms with E-state index in [2.05, 4.69) is 10.2 Å². The number of nitrogens with zero attached hydrogens (tertiary/aromatic N) is 1. The normalized spacial score (nSPS) is 28.1. The largest absolute Gasteiger partial charge is 0.456 e. The minimum Gasteiger partial charge on any atom is -0.456 e. The van der Waals surface area contributed by atoms with Crippen molar-refractivity contribution in [3.63, 3.8) is 0 Å². The molecule has 4 heteroatoms. The van der Waals surface area contributed by atoms with Gasteiger partial charge in [0, 0.05) is 19.2 Å². The summed E-state index contributed by atoms with van der Waals surface area (Å²) in [5, 5.41) is 3.44. The van der Waals surface area contributed by atoms with Gasteiger partial charge in [0.25, 0.3) is 0 Å². The highest BCUT2D eigenvalue weighted by Gasteiger charge is 2.36. The molecule has 4 nitrogen and oxygen atoms in total. The quantitative estimate of drug-likeness (QED) is 0.687. The number of carbonyl (C=O) groups is 1. The van der Waals surface area contributed by atoms with Gasteiger partial charge in [-0.2, -0.15) is 0 Å². The van der Waals surface area contributed by atoms with Crippen LogP contribution in [0.1, 0.15) is 25.7 Å². The number of hydrogen-bond acceptors (Lipinski definition) is 4. The molecule has 0 aromatic rings. The number of esters is 1. The van der Waals surface area contributed by atoms with Crippen LogP contribution >= 0.6 is 0 Å². The highest BCUT2D eigenvalue weighted by atomic mass is 16.5. The highest BCUT2D eigenvalue weighted by molar-refractivity contribution is 5.85. The molecule has 1 spiro atoms. The van der Waals surface area contributed by atoms with E-state index in [1.54, 1.807) is 6.08 Å². The molecule has 94 valence electrons. The molecular weight excluding hydrogens is 216 g/mol. The Hall–Kier alpha value is -1.03. The summed E-state index contributed by atoms with van der Waals surface area (Å²) in [5.41, 5.74) is 1.66. The van der Waals surface area contributed by atoms with Crippen molar-refractivity contribution < 1.29 is 9.53 Å². The van der Waals surface area contributed by atoms with Gasteiger partial charge in [0.1, 0.15) is 6.61 Å². The Labute approximate surface area is 102 Å². The second-order valence-electron chi connectivity index (χ2n) is 5.48. The van der Waals surface area contributed by atoms with Crippen LogP contribution in [0.4, 0.5) is 0 Å². The fourth-order valence-electron chi connectivity index (χ4n) is 3.27. The van der Waals surface area contributed by atoms with Crippen LogP contribution in [0.5, 0.6) is 0 Å². The second-order valence-corrected chi connectivity index (χ2v) is 5.48. The first-order valence-corrected chi connectivity index (χ1v) is 6.61. The van der Waals surface area contributed by atoms with Crippen molar-refractivity contribution in [2.75, 3.05) is 32.8 Å². The van der Waals surface area contributed by atoms with Crippen LogP contribution in [0.2, 0.25) is 0 Å². The summed E-state index contributed by atoms with van der Waals surface area (Å²) in [5.74, 6) is -0.179. The molecular formula is C13H20N2O2. The van der Waals surface area contributed by atoms with Crippen LogP contribution in [-0.4, -0.2) is 43.7 Å². The summed E-state index contributed by atoms with van der Waals surface area (Å²) >= 11 is 0. The lowest BCUT2D eigenvalue weighted by Crippen LogP contribution is -2.45. The van der Waals surface area contributed by atoms with Gasteiger partial charge in [-0.05, 0) is 44.2 Å². The average molecular weight is 236 g/mol. The monoisotopic (exact) mass is 236 g/mol. The summed E-state index contributed by atoms with van der Waals surface area (Å²) in [4.78, 5) is 13.4. The molecule has 0 amide bonds. The van der Waals surface area contributed by atoms with Gasteiger partial charge in [0.05, 0.1) is 5.70 Å². The van der Waals surface area contributed by atoms with Gasteiger partial charge in [0.2, 0.25) is 0 Å². The Morgan fingerprint density at radius 2 is 1.88 bits per heavy atom. The Balaban J connectivity index is 1.60. The molecule has 2 saturated heterocycles. The molecule has 0 aromatic carbocycles. The molecule has 2 fully saturated rings. The van der Waals surface area contributed by atoms with Crippen molar-refractivity contribution in [1.29, 1.82) is 0 Å². The number of likely N-dealkylation sites (tertiary alicyclic amines) is 1. The van der Waals surface area contributed by atoms with Crippen molar-refractivity contribution >= 4 is 5.97 Å². The third-order valence-corrected chi connectivity index (χ3v) is 4.54. The van der Waals surface area contributed by atoms with Crippen LogP contribution in [0.15, 0.2) is 11.8 Å². The molecule has 0 unspecified atom stereocenters. The van der Waals surface area contributed by atoms with Gasteiger partial charge in [-0.1, -0.05) is 0 Å². The molecule has 0 aromatic heterocycles. The number of nitrogens with one attached hydrogen (secondary N) is 1. The number of piperidine rings is 2. The third-order valence-electron chi connectivity index (χ3n) is 4.54. The van der Waals surface area contributed by atoms with E-state index >= 15 is 0 Å². The minimum atomic E-state index is -0.179. The molecule has 0 bridgehead atoms. The van der Waals surface area contributed by atoms with Crippen molar-refractivity contribution in [3.8, 4) is 0 Å². The number of cyclic esters (lactones) is 1. The SMILES string of the molecule is O=C1C=C(N2CCC3(CCNCC3)CC2)CO1. The van der Waals surface area contributed by atoms with Crippen LogP contribution in [0, 0.1) is 5.41 Å². The average Bonchev–Trinajstić information content (AvgIpc) is 2.78. The molecule has 0 radical (unpaired) electrons. The number of hydrogen-bond donors (Lipinski definition) is 1. The van der Waals surface area contributed by atoms with Gasteiger partial charge in [-0.3, -0.25) is 0 Å². The van der Waals surface area contributed by atoms with Crippen molar-refractivity contribution in [1.82, 2.24) is 10.2 Å². The highest BCUT2D eigenvalue weighted by Crippen LogP contribution is 2.40. The van der Waals surface area contributed by atoms with E-state index < -0.39 is 0 Å². The summed E-state index contributed by atoms with van der Waals surface area (Å²) in [7, 11) is 0. The van der Waals surface area contributed by atoms with Crippen molar-refractivity contribution in [2.45, 2.75) is 25.7 Å². The topological polar surface area (TPSA) is 41.6 Å². The van der Waals surface area contributed by atoms with E-state index in [-0.39, 0.29) is 5.97 Å². The van der Waals surface area contributed by atoms with E-state index in [4.69, 9.17) is 4.74 Å². The lowest BCUT2D eigenvalue weighted by atomic mass is 9.71. The molecule has 1 N–H and O–H groups in total. The zero-order chi connectivity index (χ0) is 11.7. The second kappa shape index (κ2) is 4.33. The zero-order valence-corrected chi connectivity index (χ0v) is 10.2. The molecule has 3 aliphatic rings. The van der Waals surface area contributed by atoms with Gasteiger partial charge in [-0.15, -0.1) is 0 Å². The molecule has 3 rings (SSSR count). The zero-order valence-electron chi connectivity index (χ0n) is 10.2. The van der Waals surface area contributed by atoms with Gasteiger partial charge >= 0.3 is 5.97 Å². The predicted octanol–water partition coefficient (Wildman–Crippen LogP) is 0.893. The lowest BCUT2D eigenvalue weighted by molar-refractivity contribution is -0.135. The maximum atomic E-state index is 11.1. The van der Waals surface area contributed by atoms with Crippen molar-refractivity contribution in [2.24, 2.45) is 5.41 Å². The summed E-state index contributed by atoms with van der Waals surface area (Å²) in [6, 6.07) is 0. The summed E-state index contributed by atoms with van der Waals surface area (Å²) in [6.45, 7) is 4.99. The molecule has 3 heterocycles.